The first kappa shape index (κ1) is 22.4. The SMILES string of the molecule is CCOc1ccc(/C=N\NC(=O)CN(Cc2ccccc2)S(C)(=O)=O)cc1OC. The predicted molar refractivity (Wildman–Crippen MR) is 112 cm³/mol. The Balaban J connectivity index is 1.99. The molecule has 156 valence electrons. The van der Waals surface area contributed by atoms with E-state index in [0.717, 1.165) is 16.1 Å². The van der Waals surface area contributed by atoms with E-state index in [9.17, 15) is 13.2 Å². The van der Waals surface area contributed by atoms with Crippen molar-refractivity contribution in [2.75, 3.05) is 26.5 Å². The molecule has 8 nitrogen and oxygen atoms in total. The molecule has 0 saturated carbocycles. The molecule has 0 aliphatic rings. The van der Waals surface area contributed by atoms with Crippen molar-refractivity contribution in [3.63, 3.8) is 0 Å². The topological polar surface area (TPSA) is 97.3 Å². The summed E-state index contributed by atoms with van der Waals surface area (Å²) in [5.41, 5.74) is 3.83. The third kappa shape index (κ3) is 7.20. The second kappa shape index (κ2) is 10.6. The number of hydrazone groups is 1. The molecule has 0 aliphatic carbocycles. The molecule has 29 heavy (non-hydrogen) atoms. The van der Waals surface area contributed by atoms with Crippen molar-refractivity contribution in [2.24, 2.45) is 5.10 Å². The van der Waals surface area contributed by atoms with Gasteiger partial charge in [0.15, 0.2) is 11.5 Å². The largest absolute Gasteiger partial charge is 0.493 e. The van der Waals surface area contributed by atoms with E-state index >= 15 is 0 Å². The van der Waals surface area contributed by atoms with E-state index in [0.29, 0.717) is 23.7 Å². The van der Waals surface area contributed by atoms with Crippen LogP contribution in [0.2, 0.25) is 0 Å². The highest BCUT2D eigenvalue weighted by Gasteiger charge is 2.20. The summed E-state index contributed by atoms with van der Waals surface area (Å²) in [5, 5.41) is 3.89. The number of hydrogen-bond donors (Lipinski definition) is 1. The maximum atomic E-state index is 12.2. The molecule has 1 N–H and O–H groups in total. The molecule has 2 rings (SSSR count). The van der Waals surface area contributed by atoms with Crippen molar-refractivity contribution < 1.29 is 22.7 Å². The summed E-state index contributed by atoms with van der Waals surface area (Å²) in [6.07, 6.45) is 2.51. The molecule has 9 heteroatoms. The van der Waals surface area contributed by atoms with Gasteiger partial charge in [0.05, 0.1) is 32.7 Å². The molecule has 0 fully saturated rings. The lowest BCUT2D eigenvalue weighted by atomic mass is 10.2. The molecule has 0 spiro atoms. The first-order valence-electron chi connectivity index (χ1n) is 8.95. The van der Waals surface area contributed by atoms with Crippen LogP contribution in [0, 0.1) is 0 Å². The quantitative estimate of drug-likeness (QED) is 0.469. The van der Waals surface area contributed by atoms with Crippen LogP contribution in [-0.4, -0.2) is 51.4 Å². The molecule has 2 aromatic rings. The number of nitrogens with zero attached hydrogens (tertiary/aromatic N) is 2. The average Bonchev–Trinajstić information content (AvgIpc) is 2.69. The number of ether oxygens (including phenoxy) is 2. The van der Waals surface area contributed by atoms with Crippen molar-refractivity contribution >= 4 is 22.1 Å². The Morgan fingerprint density at radius 3 is 2.52 bits per heavy atom. The van der Waals surface area contributed by atoms with Gasteiger partial charge >= 0.3 is 0 Å². The van der Waals surface area contributed by atoms with Gasteiger partial charge in [-0.25, -0.2) is 13.8 Å². The minimum absolute atomic E-state index is 0.104. The highest BCUT2D eigenvalue weighted by molar-refractivity contribution is 7.88. The van der Waals surface area contributed by atoms with Crippen molar-refractivity contribution in [2.45, 2.75) is 13.5 Å². The van der Waals surface area contributed by atoms with Crippen LogP contribution in [-0.2, 0) is 21.4 Å². The van der Waals surface area contributed by atoms with Gasteiger partial charge in [-0.15, -0.1) is 0 Å². The van der Waals surface area contributed by atoms with Gasteiger partial charge in [-0.1, -0.05) is 30.3 Å². The predicted octanol–water partition coefficient (Wildman–Crippen LogP) is 2.01. The molecule has 0 radical (unpaired) electrons. The highest BCUT2D eigenvalue weighted by Crippen LogP contribution is 2.27. The second-order valence-corrected chi connectivity index (χ2v) is 8.14. The molecule has 0 heterocycles. The third-order valence-electron chi connectivity index (χ3n) is 3.88. The number of nitrogens with one attached hydrogen (secondary N) is 1. The van der Waals surface area contributed by atoms with Crippen LogP contribution in [0.3, 0.4) is 0 Å². The van der Waals surface area contributed by atoms with E-state index in [2.05, 4.69) is 10.5 Å². The van der Waals surface area contributed by atoms with Crippen molar-refractivity contribution in [3.05, 3.63) is 59.7 Å². The normalized spacial score (nSPS) is 11.6. The van der Waals surface area contributed by atoms with E-state index < -0.39 is 15.9 Å². The van der Waals surface area contributed by atoms with Gasteiger partial charge in [0.25, 0.3) is 5.91 Å². The fourth-order valence-corrected chi connectivity index (χ4v) is 3.23. The molecule has 2 aromatic carbocycles. The Morgan fingerprint density at radius 2 is 1.90 bits per heavy atom. The van der Waals surface area contributed by atoms with E-state index in [1.807, 2.05) is 25.1 Å². The van der Waals surface area contributed by atoms with Gasteiger partial charge in [-0.2, -0.15) is 9.41 Å². The zero-order valence-corrected chi connectivity index (χ0v) is 17.5. The monoisotopic (exact) mass is 419 g/mol. The Labute approximate surface area is 171 Å². The Kier molecular flexibility index (Phi) is 8.17. The van der Waals surface area contributed by atoms with Gasteiger partial charge in [-0.05, 0) is 36.2 Å². The minimum Gasteiger partial charge on any atom is -0.493 e. The fourth-order valence-electron chi connectivity index (χ4n) is 2.49. The number of carbonyl (C=O) groups is 1. The van der Waals surface area contributed by atoms with Crippen molar-refractivity contribution in [3.8, 4) is 11.5 Å². The van der Waals surface area contributed by atoms with Crippen LogP contribution < -0.4 is 14.9 Å². The van der Waals surface area contributed by atoms with E-state index in [1.165, 1.54) is 13.3 Å². The van der Waals surface area contributed by atoms with Crippen molar-refractivity contribution in [1.82, 2.24) is 9.73 Å². The van der Waals surface area contributed by atoms with Gasteiger partial charge < -0.3 is 9.47 Å². The standard InChI is InChI=1S/C20H25N3O5S/c1-4-28-18-11-10-17(12-19(18)27-2)13-21-22-20(24)15-23(29(3,25)26)14-16-8-6-5-7-9-16/h5-13H,4,14-15H2,1-3H3,(H,22,24)/b21-13-. The van der Waals surface area contributed by atoms with E-state index in [1.54, 1.807) is 30.3 Å². The van der Waals surface area contributed by atoms with Crippen LogP contribution in [0.25, 0.3) is 0 Å². The van der Waals surface area contributed by atoms with Gasteiger partial charge in [-0.3, -0.25) is 4.79 Å². The number of methoxy groups -OCH3 is 1. The summed E-state index contributed by atoms with van der Waals surface area (Å²) >= 11 is 0. The summed E-state index contributed by atoms with van der Waals surface area (Å²) in [5.74, 6) is 0.620. The Morgan fingerprint density at radius 1 is 1.17 bits per heavy atom. The molecule has 1 amide bonds. The smallest absolute Gasteiger partial charge is 0.255 e. The van der Waals surface area contributed by atoms with Crippen LogP contribution in [0.4, 0.5) is 0 Å². The Bertz CT molecular complexity index is 946. The Hall–Kier alpha value is -2.91. The summed E-state index contributed by atoms with van der Waals surface area (Å²) in [4.78, 5) is 12.2. The summed E-state index contributed by atoms with van der Waals surface area (Å²) in [6, 6.07) is 14.3. The molecular weight excluding hydrogens is 394 g/mol. The van der Waals surface area contributed by atoms with Gasteiger partial charge in [0.2, 0.25) is 10.0 Å². The molecule has 0 bridgehead atoms. The first-order chi connectivity index (χ1) is 13.8. The zero-order valence-electron chi connectivity index (χ0n) is 16.7. The lowest BCUT2D eigenvalue weighted by molar-refractivity contribution is -0.121. The fraction of sp³-hybridized carbons (Fsp3) is 0.300. The first-order valence-corrected chi connectivity index (χ1v) is 10.8. The maximum Gasteiger partial charge on any atom is 0.255 e. The van der Waals surface area contributed by atoms with E-state index in [4.69, 9.17) is 9.47 Å². The number of sulfonamides is 1. The van der Waals surface area contributed by atoms with E-state index in [-0.39, 0.29) is 13.1 Å². The van der Waals surface area contributed by atoms with Crippen molar-refractivity contribution in [1.29, 1.82) is 0 Å². The van der Waals surface area contributed by atoms with Crippen LogP contribution in [0.1, 0.15) is 18.1 Å². The lowest BCUT2D eigenvalue weighted by Gasteiger charge is -2.18. The van der Waals surface area contributed by atoms with Gasteiger partial charge in [0, 0.05) is 6.54 Å². The highest BCUT2D eigenvalue weighted by atomic mass is 32.2. The third-order valence-corrected chi connectivity index (χ3v) is 5.08. The number of rotatable bonds is 10. The molecule has 0 aromatic heterocycles. The summed E-state index contributed by atoms with van der Waals surface area (Å²) in [6.45, 7) is 2.16. The van der Waals surface area contributed by atoms with Crippen LogP contribution in [0.15, 0.2) is 53.6 Å². The number of carbonyl (C=O) groups excluding carboxylic acids is 1. The summed E-state index contributed by atoms with van der Waals surface area (Å²) < 4.78 is 35.8. The van der Waals surface area contributed by atoms with Crippen LogP contribution in [0.5, 0.6) is 11.5 Å². The molecular formula is C20H25N3O5S. The number of amides is 1. The minimum atomic E-state index is -3.56. The number of benzene rings is 2. The molecule has 0 unspecified atom stereocenters. The number of hydrogen-bond acceptors (Lipinski definition) is 6. The molecule has 0 aliphatic heterocycles. The van der Waals surface area contributed by atoms with Crippen LogP contribution >= 0.6 is 0 Å². The molecule has 0 atom stereocenters. The average molecular weight is 420 g/mol. The van der Waals surface area contributed by atoms with Gasteiger partial charge in [0.1, 0.15) is 0 Å². The second-order valence-electron chi connectivity index (χ2n) is 6.15. The summed E-state index contributed by atoms with van der Waals surface area (Å²) in [7, 11) is -2.03. The zero-order chi connectivity index (χ0) is 21.3. The molecule has 0 saturated heterocycles. The maximum absolute atomic E-state index is 12.2. The lowest BCUT2D eigenvalue weighted by Crippen LogP contribution is -2.38.